The summed E-state index contributed by atoms with van der Waals surface area (Å²) in [6.45, 7) is 5.82. The summed E-state index contributed by atoms with van der Waals surface area (Å²) < 4.78 is 5.55. The Morgan fingerprint density at radius 1 is 1.00 bits per heavy atom. The molecule has 5 nitrogen and oxygen atoms in total. The lowest BCUT2D eigenvalue weighted by Gasteiger charge is -2.42. The van der Waals surface area contributed by atoms with Gasteiger partial charge < -0.3 is 15.0 Å². The molecule has 7 heteroatoms. The number of benzene rings is 1. The van der Waals surface area contributed by atoms with Crippen LogP contribution in [0.15, 0.2) is 59.3 Å². The van der Waals surface area contributed by atoms with Gasteiger partial charge in [-0.05, 0) is 41.9 Å². The molecule has 0 bridgehead atoms. The Kier molecular flexibility index (Phi) is 6.72. The molecule has 0 spiro atoms. The molecule has 30 heavy (non-hydrogen) atoms. The monoisotopic (exact) mass is 441 g/mol. The van der Waals surface area contributed by atoms with E-state index < -0.39 is 0 Å². The molecule has 4 rings (SSSR count). The van der Waals surface area contributed by atoms with Gasteiger partial charge in [0, 0.05) is 37.1 Å². The number of methoxy groups -OCH3 is 1. The maximum absolute atomic E-state index is 12.6. The molecule has 0 unspecified atom stereocenters. The zero-order chi connectivity index (χ0) is 20.9. The average molecular weight is 442 g/mol. The van der Waals surface area contributed by atoms with Crippen molar-refractivity contribution in [3.63, 3.8) is 0 Å². The predicted octanol–water partition coefficient (Wildman–Crippen LogP) is 4.50. The van der Waals surface area contributed by atoms with E-state index in [0.717, 1.165) is 42.5 Å². The molecule has 0 saturated carbocycles. The molecular formula is C23H27N3O2S2. The molecule has 1 saturated heterocycles. The topological polar surface area (TPSA) is 44.8 Å². The van der Waals surface area contributed by atoms with E-state index >= 15 is 0 Å². The largest absolute Gasteiger partial charge is 0.495 e. The number of nitrogens with one attached hydrogen (secondary N) is 1. The Bertz CT molecular complexity index is 935. The van der Waals surface area contributed by atoms with Crippen LogP contribution in [-0.4, -0.2) is 50.1 Å². The first-order valence-corrected chi connectivity index (χ1v) is 11.9. The van der Waals surface area contributed by atoms with Crippen LogP contribution in [0.1, 0.15) is 27.5 Å². The molecule has 1 amide bonds. The summed E-state index contributed by atoms with van der Waals surface area (Å²) in [6, 6.07) is 16.4. The van der Waals surface area contributed by atoms with Crippen LogP contribution in [0.2, 0.25) is 0 Å². The van der Waals surface area contributed by atoms with Crippen molar-refractivity contribution in [1.82, 2.24) is 10.2 Å². The second-order valence-electron chi connectivity index (χ2n) is 7.39. The van der Waals surface area contributed by atoms with E-state index in [4.69, 9.17) is 4.74 Å². The summed E-state index contributed by atoms with van der Waals surface area (Å²) in [5, 5.41) is 7.28. The average Bonchev–Trinajstić information content (AvgIpc) is 3.49. The van der Waals surface area contributed by atoms with Crippen LogP contribution in [0.25, 0.3) is 0 Å². The lowest BCUT2D eigenvalue weighted by molar-refractivity contribution is 0.0894. The summed E-state index contributed by atoms with van der Waals surface area (Å²) in [7, 11) is 1.72. The fourth-order valence-electron chi connectivity index (χ4n) is 4.10. The van der Waals surface area contributed by atoms with Crippen LogP contribution >= 0.6 is 22.7 Å². The Balaban J connectivity index is 1.47. The van der Waals surface area contributed by atoms with Gasteiger partial charge in [0.2, 0.25) is 0 Å². The standard InChI is InChI=1S/C23H27N3O2S2/c1-17(24-23(27)21-10-6-16-30-21)22(20-9-5-15-29-20)26-13-11-25(12-14-26)18-7-3-4-8-19(18)28-2/h3-10,15-17,22H,11-14H2,1-2H3,(H,24,27)/t17-,22+/m0/s1. The van der Waals surface area contributed by atoms with Crippen LogP contribution in [0.3, 0.4) is 0 Å². The zero-order valence-electron chi connectivity index (χ0n) is 17.3. The molecule has 1 aromatic carbocycles. The number of para-hydroxylation sites is 2. The molecule has 0 aliphatic carbocycles. The molecule has 1 aliphatic rings. The fraction of sp³-hybridized carbons (Fsp3) is 0.348. The SMILES string of the molecule is COc1ccccc1N1CCN([C@@H](c2cccs2)[C@H](C)NC(=O)c2cccs2)CC1. The second-order valence-corrected chi connectivity index (χ2v) is 9.32. The van der Waals surface area contributed by atoms with Crippen molar-refractivity contribution in [3.05, 3.63) is 69.0 Å². The molecular weight excluding hydrogens is 414 g/mol. The van der Waals surface area contributed by atoms with Gasteiger partial charge in [0.1, 0.15) is 5.75 Å². The van der Waals surface area contributed by atoms with Gasteiger partial charge in [-0.15, -0.1) is 22.7 Å². The first kappa shape index (κ1) is 20.9. The maximum Gasteiger partial charge on any atom is 0.261 e. The third-order valence-electron chi connectivity index (χ3n) is 5.55. The van der Waals surface area contributed by atoms with Crippen LogP contribution < -0.4 is 15.0 Å². The molecule has 158 valence electrons. The Morgan fingerprint density at radius 2 is 1.73 bits per heavy atom. The smallest absolute Gasteiger partial charge is 0.261 e. The third kappa shape index (κ3) is 4.53. The van der Waals surface area contributed by atoms with Gasteiger partial charge in [0.15, 0.2) is 0 Å². The van der Waals surface area contributed by atoms with Crippen molar-refractivity contribution in [2.24, 2.45) is 0 Å². The number of hydrogen-bond acceptors (Lipinski definition) is 6. The van der Waals surface area contributed by atoms with Gasteiger partial charge >= 0.3 is 0 Å². The van der Waals surface area contributed by atoms with E-state index in [1.165, 1.54) is 16.2 Å². The predicted molar refractivity (Wildman–Crippen MR) is 125 cm³/mol. The Morgan fingerprint density at radius 3 is 2.40 bits per heavy atom. The third-order valence-corrected chi connectivity index (χ3v) is 7.36. The zero-order valence-corrected chi connectivity index (χ0v) is 18.9. The lowest BCUT2D eigenvalue weighted by Crippen LogP contribution is -2.52. The number of piperazine rings is 1. The molecule has 1 N–H and O–H groups in total. The van der Waals surface area contributed by atoms with Crippen molar-refractivity contribution < 1.29 is 9.53 Å². The Hall–Kier alpha value is -2.35. The number of carbonyl (C=O) groups is 1. The first-order chi connectivity index (χ1) is 14.7. The minimum Gasteiger partial charge on any atom is -0.495 e. The number of thiophene rings is 2. The molecule has 3 heterocycles. The van der Waals surface area contributed by atoms with E-state index in [-0.39, 0.29) is 18.0 Å². The number of rotatable bonds is 7. The van der Waals surface area contributed by atoms with Gasteiger partial charge in [-0.2, -0.15) is 0 Å². The van der Waals surface area contributed by atoms with Crippen LogP contribution in [0.4, 0.5) is 5.69 Å². The van der Waals surface area contributed by atoms with Gasteiger partial charge in [0.25, 0.3) is 5.91 Å². The normalized spacial score (nSPS) is 16.8. The highest BCUT2D eigenvalue weighted by Crippen LogP contribution is 2.32. The minimum atomic E-state index is 0.00622. The van der Waals surface area contributed by atoms with Crippen molar-refractivity contribution in [2.45, 2.75) is 19.0 Å². The molecule has 3 aromatic rings. The first-order valence-electron chi connectivity index (χ1n) is 10.2. The molecule has 2 aromatic heterocycles. The van der Waals surface area contributed by atoms with Crippen molar-refractivity contribution in [3.8, 4) is 5.75 Å². The van der Waals surface area contributed by atoms with E-state index in [1.807, 2.05) is 29.6 Å². The van der Waals surface area contributed by atoms with Crippen LogP contribution in [0.5, 0.6) is 5.75 Å². The Labute approximate surface area is 185 Å². The van der Waals surface area contributed by atoms with Crippen LogP contribution in [-0.2, 0) is 0 Å². The van der Waals surface area contributed by atoms with E-state index in [9.17, 15) is 4.79 Å². The summed E-state index contributed by atoms with van der Waals surface area (Å²) in [4.78, 5) is 19.6. The highest BCUT2D eigenvalue weighted by molar-refractivity contribution is 7.12. The number of hydrogen-bond donors (Lipinski definition) is 1. The molecule has 0 radical (unpaired) electrons. The van der Waals surface area contributed by atoms with Gasteiger partial charge in [-0.25, -0.2) is 0 Å². The second kappa shape index (κ2) is 9.64. The number of nitrogens with zero attached hydrogens (tertiary/aromatic N) is 2. The van der Waals surface area contributed by atoms with Crippen molar-refractivity contribution >= 4 is 34.3 Å². The van der Waals surface area contributed by atoms with E-state index in [0.29, 0.717) is 0 Å². The molecule has 1 aliphatic heterocycles. The van der Waals surface area contributed by atoms with Crippen molar-refractivity contribution in [2.75, 3.05) is 38.2 Å². The summed E-state index contributed by atoms with van der Waals surface area (Å²) >= 11 is 3.23. The number of carbonyl (C=O) groups excluding carboxylic acids is 1. The van der Waals surface area contributed by atoms with Crippen molar-refractivity contribution in [1.29, 1.82) is 0 Å². The fourth-order valence-corrected chi connectivity index (χ4v) is 5.69. The lowest BCUT2D eigenvalue weighted by atomic mass is 10.0. The van der Waals surface area contributed by atoms with E-state index in [1.54, 1.807) is 18.4 Å². The highest BCUT2D eigenvalue weighted by atomic mass is 32.1. The maximum atomic E-state index is 12.6. The quantitative estimate of drug-likeness (QED) is 0.586. The summed E-state index contributed by atoms with van der Waals surface area (Å²) in [5.41, 5.74) is 1.14. The summed E-state index contributed by atoms with van der Waals surface area (Å²) in [6.07, 6.45) is 0. The van der Waals surface area contributed by atoms with Gasteiger partial charge in [-0.3, -0.25) is 9.69 Å². The number of amides is 1. The van der Waals surface area contributed by atoms with Crippen LogP contribution in [0, 0.1) is 0 Å². The molecule has 1 fully saturated rings. The number of ether oxygens (including phenoxy) is 1. The highest BCUT2D eigenvalue weighted by Gasteiger charge is 2.31. The molecule has 2 atom stereocenters. The number of anilines is 1. The van der Waals surface area contributed by atoms with E-state index in [2.05, 4.69) is 51.7 Å². The minimum absolute atomic E-state index is 0.00622. The van der Waals surface area contributed by atoms with Gasteiger partial charge in [-0.1, -0.05) is 24.3 Å². The van der Waals surface area contributed by atoms with Gasteiger partial charge in [0.05, 0.1) is 23.7 Å². The summed E-state index contributed by atoms with van der Waals surface area (Å²) in [5.74, 6) is 0.920.